The minimum Gasteiger partial charge on any atom is -0.478 e. The molecule has 0 saturated heterocycles. The van der Waals surface area contributed by atoms with Gasteiger partial charge in [0.2, 0.25) is 0 Å². The van der Waals surface area contributed by atoms with Crippen molar-refractivity contribution in [1.29, 1.82) is 0 Å². The average molecular weight is 280 g/mol. The van der Waals surface area contributed by atoms with Gasteiger partial charge < -0.3 is 15.2 Å². The van der Waals surface area contributed by atoms with Crippen LogP contribution < -0.4 is 5.32 Å². The molecule has 0 aliphatic heterocycles. The topological polar surface area (TPSA) is 88.5 Å². The lowest BCUT2D eigenvalue weighted by molar-refractivity contribution is 0.0695. The number of carbonyl (C=O) groups is 2. The van der Waals surface area contributed by atoms with E-state index in [0.717, 1.165) is 6.42 Å². The lowest BCUT2D eigenvalue weighted by Gasteiger charge is -2.24. The van der Waals surface area contributed by atoms with Crippen molar-refractivity contribution in [2.45, 2.75) is 20.3 Å². The molecular formula is C14H20N2O4. The monoisotopic (exact) mass is 280 g/mol. The Morgan fingerprint density at radius 1 is 1.40 bits per heavy atom. The van der Waals surface area contributed by atoms with Crippen LogP contribution in [0.15, 0.2) is 18.3 Å². The Hall–Kier alpha value is -1.95. The van der Waals surface area contributed by atoms with Gasteiger partial charge in [-0.05, 0) is 24.0 Å². The van der Waals surface area contributed by atoms with E-state index >= 15 is 0 Å². The minimum absolute atomic E-state index is 0.0574. The number of methoxy groups -OCH3 is 1. The van der Waals surface area contributed by atoms with Gasteiger partial charge in [0.1, 0.15) is 5.69 Å². The summed E-state index contributed by atoms with van der Waals surface area (Å²) in [6, 6.07) is 2.77. The molecule has 0 unspecified atom stereocenters. The van der Waals surface area contributed by atoms with Crippen molar-refractivity contribution in [3.8, 4) is 0 Å². The van der Waals surface area contributed by atoms with Gasteiger partial charge in [-0.3, -0.25) is 9.78 Å². The predicted octanol–water partition coefficient (Wildman–Crippen LogP) is 1.57. The molecule has 0 saturated carbocycles. The molecule has 0 radical (unpaired) electrons. The molecule has 0 bridgehead atoms. The highest BCUT2D eigenvalue weighted by Crippen LogP contribution is 2.18. The third-order valence-corrected chi connectivity index (χ3v) is 2.95. The first kappa shape index (κ1) is 16.1. The van der Waals surface area contributed by atoms with Gasteiger partial charge in [-0.15, -0.1) is 0 Å². The molecule has 0 aliphatic carbocycles. The standard InChI is InChI=1S/C14H20N2O4/c1-14(2,6-7-20-3)9-16-12(17)11-5-4-10(8-15-11)13(18)19/h4-5,8H,6-7,9H2,1-3H3,(H,16,17)(H,18,19). The normalized spacial score (nSPS) is 11.2. The molecular weight excluding hydrogens is 260 g/mol. The Labute approximate surface area is 118 Å². The third kappa shape index (κ3) is 4.97. The second-order valence-electron chi connectivity index (χ2n) is 5.33. The zero-order valence-electron chi connectivity index (χ0n) is 12.0. The Kier molecular flexibility index (Phi) is 5.64. The molecule has 20 heavy (non-hydrogen) atoms. The highest BCUT2D eigenvalue weighted by atomic mass is 16.5. The van der Waals surface area contributed by atoms with E-state index in [0.29, 0.717) is 13.2 Å². The molecule has 110 valence electrons. The number of rotatable bonds is 7. The quantitative estimate of drug-likeness (QED) is 0.791. The summed E-state index contributed by atoms with van der Waals surface area (Å²) in [6.07, 6.45) is 2.00. The number of pyridine rings is 1. The van der Waals surface area contributed by atoms with Crippen molar-refractivity contribution in [1.82, 2.24) is 10.3 Å². The van der Waals surface area contributed by atoms with Gasteiger partial charge >= 0.3 is 5.97 Å². The smallest absolute Gasteiger partial charge is 0.337 e. The molecule has 6 heteroatoms. The summed E-state index contributed by atoms with van der Waals surface area (Å²) in [6.45, 7) is 5.20. The fraction of sp³-hybridized carbons (Fsp3) is 0.500. The Morgan fingerprint density at radius 2 is 2.10 bits per heavy atom. The van der Waals surface area contributed by atoms with Crippen LogP contribution in [0, 0.1) is 5.41 Å². The van der Waals surface area contributed by atoms with Crippen LogP contribution in [0.25, 0.3) is 0 Å². The number of hydrogen-bond acceptors (Lipinski definition) is 4. The molecule has 1 aromatic rings. The number of amides is 1. The second-order valence-corrected chi connectivity index (χ2v) is 5.33. The first-order chi connectivity index (χ1) is 9.35. The van der Waals surface area contributed by atoms with Gasteiger partial charge in [0.05, 0.1) is 5.56 Å². The number of hydrogen-bond donors (Lipinski definition) is 2. The summed E-state index contributed by atoms with van der Waals surface area (Å²) in [4.78, 5) is 26.4. The van der Waals surface area contributed by atoms with Gasteiger partial charge in [0.15, 0.2) is 0 Å². The van der Waals surface area contributed by atoms with E-state index < -0.39 is 5.97 Å². The zero-order chi connectivity index (χ0) is 15.2. The van der Waals surface area contributed by atoms with Crippen LogP contribution in [0.4, 0.5) is 0 Å². The Bertz CT molecular complexity index is 469. The van der Waals surface area contributed by atoms with Crippen molar-refractivity contribution in [2.75, 3.05) is 20.3 Å². The SMILES string of the molecule is COCCC(C)(C)CNC(=O)c1ccc(C(=O)O)cn1. The van der Waals surface area contributed by atoms with E-state index in [1.54, 1.807) is 7.11 Å². The molecule has 0 fully saturated rings. The number of aromatic carboxylic acids is 1. The van der Waals surface area contributed by atoms with Gasteiger partial charge in [-0.1, -0.05) is 13.8 Å². The molecule has 1 aromatic heterocycles. The lowest BCUT2D eigenvalue weighted by Crippen LogP contribution is -2.35. The van der Waals surface area contributed by atoms with Gasteiger partial charge in [0.25, 0.3) is 5.91 Å². The van der Waals surface area contributed by atoms with E-state index in [4.69, 9.17) is 9.84 Å². The zero-order valence-corrected chi connectivity index (χ0v) is 12.0. The van der Waals surface area contributed by atoms with E-state index in [1.165, 1.54) is 18.3 Å². The number of carboxylic acids is 1. The Morgan fingerprint density at radius 3 is 2.60 bits per heavy atom. The van der Waals surface area contributed by atoms with Crippen molar-refractivity contribution in [3.63, 3.8) is 0 Å². The van der Waals surface area contributed by atoms with Gasteiger partial charge in [-0.25, -0.2) is 4.79 Å². The molecule has 1 heterocycles. The van der Waals surface area contributed by atoms with E-state index in [2.05, 4.69) is 10.3 Å². The first-order valence-corrected chi connectivity index (χ1v) is 6.32. The first-order valence-electron chi connectivity index (χ1n) is 6.32. The maximum Gasteiger partial charge on any atom is 0.337 e. The summed E-state index contributed by atoms with van der Waals surface area (Å²) < 4.78 is 5.02. The van der Waals surface area contributed by atoms with Crippen molar-refractivity contribution >= 4 is 11.9 Å². The van der Waals surface area contributed by atoms with Crippen LogP contribution in [0.1, 0.15) is 41.1 Å². The molecule has 0 aliphatic rings. The summed E-state index contributed by atoms with van der Waals surface area (Å²) in [7, 11) is 1.64. The highest BCUT2D eigenvalue weighted by Gasteiger charge is 2.19. The lowest BCUT2D eigenvalue weighted by atomic mass is 9.89. The van der Waals surface area contributed by atoms with Crippen LogP contribution in [-0.4, -0.2) is 42.2 Å². The molecule has 1 rings (SSSR count). The van der Waals surface area contributed by atoms with E-state index in [1.807, 2.05) is 13.8 Å². The average Bonchev–Trinajstić information content (AvgIpc) is 2.43. The number of ether oxygens (including phenoxy) is 1. The number of nitrogens with zero attached hydrogens (tertiary/aromatic N) is 1. The summed E-state index contributed by atoms with van der Waals surface area (Å²) in [5.74, 6) is -1.38. The maximum atomic E-state index is 11.9. The van der Waals surface area contributed by atoms with E-state index in [9.17, 15) is 9.59 Å². The number of aromatic nitrogens is 1. The molecule has 1 amide bonds. The number of nitrogens with one attached hydrogen (secondary N) is 1. The largest absolute Gasteiger partial charge is 0.478 e. The van der Waals surface area contributed by atoms with Crippen molar-refractivity contribution in [2.24, 2.45) is 5.41 Å². The third-order valence-electron chi connectivity index (χ3n) is 2.95. The van der Waals surface area contributed by atoms with Crippen LogP contribution in [-0.2, 0) is 4.74 Å². The number of carbonyl (C=O) groups excluding carboxylic acids is 1. The summed E-state index contributed by atoms with van der Waals surface area (Å²) in [5.41, 5.74) is 0.187. The molecule has 6 nitrogen and oxygen atoms in total. The van der Waals surface area contributed by atoms with Crippen LogP contribution >= 0.6 is 0 Å². The molecule has 0 aromatic carbocycles. The van der Waals surface area contributed by atoms with Gasteiger partial charge in [-0.2, -0.15) is 0 Å². The van der Waals surface area contributed by atoms with Crippen molar-refractivity contribution < 1.29 is 19.4 Å². The van der Waals surface area contributed by atoms with Crippen LogP contribution in [0.5, 0.6) is 0 Å². The maximum absolute atomic E-state index is 11.9. The molecule has 0 spiro atoms. The number of carboxylic acid groups (broad SMARTS) is 1. The van der Waals surface area contributed by atoms with Gasteiger partial charge in [0, 0.05) is 26.5 Å². The van der Waals surface area contributed by atoms with Crippen molar-refractivity contribution in [3.05, 3.63) is 29.6 Å². The highest BCUT2D eigenvalue weighted by molar-refractivity contribution is 5.93. The van der Waals surface area contributed by atoms with Crippen LogP contribution in [0.2, 0.25) is 0 Å². The van der Waals surface area contributed by atoms with Crippen LogP contribution in [0.3, 0.4) is 0 Å². The fourth-order valence-corrected chi connectivity index (χ4v) is 1.53. The summed E-state index contributed by atoms with van der Waals surface area (Å²) >= 11 is 0. The van der Waals surface area contributed by atoms with E-state index in [-0.39, 0.29) is 22.6 Å². The Balaban J connectivity index is 2.56. The minimum atomic E-state index is -1.06. The fourth-order valence-electron chi connectivity index (χ4n) is 1.53. The molecule has 0 atom stereocenters. The summed E-state index contributed by atoms with van der Waals surface area (Å²) in [5, 5.41) is 11.5. The second kappa shape index (κ2) is 7.00. The predicted molar refractivity (Wildman–Crippen MR) is 73.8 cm³/mol. The molecule has 2 N–H and O–H groups in total.